The highest BCUT2D eigenvalue weighted by Crippen LogP contribution is 2.27. The van der Waals surface area contributed by atoms with E-state index in [2.05, 4.69) is 6.92 Å². The van der Waals surface area contributed by atoms with Crippen LogP contribution in [0.1, 0.15) is 46.5 Å². The first-order chi connectivity index (χ1) is 5.70. The molecule has 1 aliphatic rings. The van der Waals surface area contributed by atoms with Gasteiger partial charge in [-0.3, -0.25) is 4.79 Å². The van der Waals surface area contributed by atoms with E-state index in [9.17, 15) is 4.79 Å². The lowest BCUT2D eigenvalue weighted by molar-refractivity contribution is -0.143. The molecule has 0 radical (unpaired) electrons. The molecule has 0 atom stereocenters. The Labute approximate surface area is 75.0 Å². The number of carbonyl (C=O) groups is 1. The van der Waals surface area contributed by atoms with Crippen molar-refractivity contribution < 1.29 is 9.90 Å². The molecule has 0 bridgehead atoms. The van der Waals surface area contributed by atoms with Crippen LogP contribution in [0.2, 0.25) is 0 Å². The lowest BCUT2D eigenvalue weighted by Crippen LogP contribution is -2.19. The van der Waals surface area contributed by atoms with E-state index in [1.54, 1.807) is 0 Å². The molecule has 1 fully saturated rings. The molecule has 0 aromatic heterocycles. The van der Waals surface area contributed by atoms with Crippen LogP contribution in [0, 0.1) is 11.8 Å². The zero-order valence-corrected chi connectivity index (χ0v) is 8.34. The zero-order chi connectivity index (χ0) is 9.56. The Balaban J connectivity index is 0.000000561. The third kappa shape index (κ3) is 3.74. The first kappa shape index (κ1) is 11.5. The van der Waals surface area contributed by atoms with Crippen molar-refractivity contribution in [1.29, 1.82) is 0 Å². The average Bonchev–Trinajstić information content (AvgIpc) is 2.09. The summed E-state index contributed by atoms with van der Waals surface area (Å²) < 4.78 is 0. The fourth-order valence-electron chi connectivity index (χ4n) is 1.51. The van der Waals surface area contributed by atoms with E-state index in [0.717, 1.165) is 31.6 Å². The number of aliphatic carboxylic acids is 1. The van der Waals surface area contributed by atoms with Crippen molar-refractivity contribution >= 4 is 5.97 Å². The lowest BCUT2D eigenvalue weighted by atomic mass is 9.83. The Hall–Kier alpha value is -0.530. The summed E-state index contributed by atoms with van der Waals surface area (Å²) in [6.07, 6.45) is 3.96. The summed E-state index contributed by atoms with van der Waals surface area (Å²) in [6.45, 7) is 6.19. The standard InChI is InChI=1S/C8H14O2.C2H6/c1-6-2-4-7(5-3-6)8(9)10;1-2/h6-7H,2-5H2,1H3,(H,9,10);1-2H3. The summed E-state index contributed by atoms with van der Waals surface area (Å²) in [4.78, 5) is 10.5. The molecule has 0 aliphatic heterocycles. The third-order valence-corrected chi connectivity index (χ3v) is 2.37. The SMILES string of the molecule is CC.CC1CCC(C(=O)O)CC1. The van der Waals surface area contributed by atoms with Crippen LogP contribution >= 0.6 is 0 Å². The summed E-state index contributed by atoms with van der Waals surface area (Å²) in [5, 5.41) is 8.62. The molecule has 2 nitrogen and oxygen atoms in total. The van der Waals surface area contributed by atoms with E-state index < -0.39 is 5.97 Å². The molecule has 0 amide bonds. The fraction of sp³-hybridized carbons (Fsp3) is 0.900. The minimum Gasteiger partial charge on any atom is -0.481 e. The van der Waals surface area contributed by atoms with E-state index >= 15 is 0 Å². The molecule has 1 rings (SSSR count). The predicted molar refractivity (Wildman–Crippen MR) is 50.1 cm³/mol. The van der Waals surface area contributed by atoms with Crippen molar-refractivity contribution in [3.63, 3.8) is 0 Å². The Bertz CT molecular complexity index is 124. The van der Waals surface area contributed by atoms with Crippen LogP contribution in [0.5, 0.6) is 0 Å². The van der Waals surface area contributed by atoms with E-state index in [0.29, 0.717) is 0 Å². The number of hydrogen-bond donors (Lipinski definition) is 1. The molecular formula is C10H20O2. The summed E-state index contributed by atoms with van der Waals surface area (Å²) >= 11 is 0. The molecule has 1 saturated carbocycles. The zero-order valence-electron chi connectivity index (χ0n) is 8.34. The maximum atomic E-state index is 10.5. The molecule has 0 aromatic carbocycles. The van der Waals surface area contributed by atoms with Crippen LogP contribution in [0.4, 0.5) is 0 Å². The fourth-order valence-corrected chi connectivity index (χ4v) is 1.51. The van der Waals surface area contributed by atoms with Crippen LogP contribution in [0.25, 0.3) is 0 Å². The maximum absolute atomic E-state index is 10.5. The minimum atomic E-state index is -0.605. The highest BCUT2D eigenvalue weighted by atomic mass is 16.4. The second kappa shape index (κ2) is 6.04. The first-order valence-electron chi connectivity index (χ1n) is 4.93. The van der Waals surface area contributed by atoms with Gasteiger partial charge in [-0.1, -0.05) is 20.8 Å². The minimum absolute atomic E-state index is 0.0452. The second-order valence-electron chi connectivity index (χ2n) is 3.30. The van der Waals surface area contributed by atoms with Gasteiger partial charge in [0.1, 0.15) is 0 Å². The van der Waals surface area contributed by atoms with Gasteiger partial charge >= 0.3 is 5.97 Å². The van der Waals surface area contributed by atoms with Gasteiger partial charge in [0.05, 0.1) is 5.92 Å². The van der Waals surface area contributed by atoms with Gasteiger partial charge in [0.25, 0.3) is 0 Å². The summed E-state index contributed by atoms with van der Waals surface area (Å²) in [7, 11) is 0. The smallest absolute Gasteiger partial charge is 0.306 e. The molecule has 1 N–H and O–H groups in total. The van der Waals surface area contributed by atoms with Crippen molar-refractivity contribution in [2.24, 2.45) is 11.8 Å². The lowest BCUT2D eigenvalue weighted by Gasteiger charge is -2.22. The monoisotopic (exact) mass is 172 g/mol. The molecule has 12 heavy (non-hydrogen) atoms. The summed E-state index contributed by atoms with van der Waals surface area (Å²) in [5.74, 6) is 0.0960. The van der Waals surface area contributed by atoms with Crippen molar-refractivity contribution in [3.8, 4) is 0 Å². The number of carboxylic acid groups (broad SMARTS) is 1. The maximum Gasteiger partial charge on any atom is 0.306 e. The van der Waals surface area contributed by atoms with E-state index in [4.69, 9.17) is 5.11 Å². The van der Waals surface area contributed by atoms with E-state index in [-0.39, 0.29) is 5.92 Å². The van der Waals surface area contributed by atoms with Crippen LogP contribution in [0.3, 0.4) is 0 Å². The van der Waals surface area contributed by atoms with Crippen LogP contribution in [-0.4, -0.2) is 11.1 Å². The normalized spacial score (nSPS) is 28.6. The van der Waals surface area contributed by atoms with E-state index in [1.165, 1.54) is 0 Å². The largest absolute Gasteiger partial charge is 0.481 e. The van der Waals surface area contributed by atoms with Gasteiger partial charge in [0.15, 0.2) is 0 Å². The number of rotatable bonds is 1. The molecule has 0 spiro atoms. The van der Waals surface area contributed by atoms with Gasteiger partial charge in [0.2, 0.25) is 0 Å². The molecule has 0 aromatic rings. The molecular weight excluding hydrogens is 152 g/mol. The molecule has 0 unspecified atom stereocenters. The van der Waals surface area contributed by atoms with Gasteiger partial charge in [-0.2, -0.15) is 0 Å². The highest BCUT2D eigenvalue weighted by molar-refractivity contribution is 5.69. The number of hydrogen-bond acceptors (Lipinski definition) is 1. The Morgan fingerprint density at radius 3 is 1.92 bits per heavy atom. The van der Waals surface area contributed by atoms with Crippen LogP contribution in [0.15, 0.2) is 0 Å². The summed E-state index contributed by atoms with van der Waals surface area (Å²) in [6, 6.07) is 0. The Kier molecular flexibility index (Phi) is 5.77. The van der Waals surface area contributed by atoms with Gasteiger partial charge in [-0.15, -0.1) is 0 Å². The predicted octanol–water partition coefficient (Wildman–Crippen LogP) is 2.92. The first-order valence-corrected chi connectivity index (χ1v) is 4.93. The second-order valence-corrected chi connectivity index (χ2v) is 3.30. The van der Waals surface area contributed by atoms with E-state index in [1.807, 2.05) is 13.8 Å². The third-order valence-electron chi connectivity index (χ3n) is 2.37. The Morgan fingerprint density at radius 2 is 1.58 bits per heavy atom. The Morgan fingerprint density at radius 1 is 1.17 bits per heavy atom. The number of carboxylic acids is 1. The molecule has 2 heteroatoms. The van der Waals surface area contributed by atoms with Crippen molar-refractivity contribution in [2.75, 3.05) is 0 Å². The molecule has 1 aliphatic carbocycles. The van der Waals surface area contributed by atoms with Crippen LogP contribution in [-0.2, 0) is 4.79 Å². The van der Waals surface area contributed by atoms with Crippen molar-refractivity contribution in [3.05, 3.63) is 0 Å². The van der Waals surface area contributed by atoms with Gasteiger partial charge in [0, 0.05) is 0 Å². The molecule has 72 valence electrons. The van der Waals surface area contributed by atoms with Gasteiger partial charge < -0.3 is 5.11 Å². The molecule has 0 saturated heterocycles. The van der Waals surface area contributed by atoms with Crippen molar-refractivity contribution in [2.45, 2.75) is 46.5 Å². The van der Waals surface area contributed by atoms with Crippen LogP contribution < -0.4 is 0 Å². The summed E-state index contributed by atoms with van der Waals surface area (Å²) in [5.41, 5.74) is 0. The quantitative estimate of drug-likeness (QED) is 0.660. The molecule has 0 heterocycles. The highest BCUT2D eigenvalue weighted by Gasteiger charge is 2.23. The van der Waals surface area contributed by atoms with Crippen molar-refractivity contribution in [1.82, 2.24) is 0 Å². The van der Waals surface area contributed by atoms with Gasteiger partial charge in [-0.05, 0) is 31.6 Å². The average molecular weight is 172 g/mol. The van der Waals surface area contributed by atoms with Gasteiger partial charge in [-0.25, -0.2) is 0 Å². The topological polar surface area (TPSA) is 37.3 Å².